The molecule has 0 aliphatic heterocycles. The number of aryl methyl sites for hydroxylation is 2. The van der Waals surface area contributed by atoms with Crippen molar-refractivity contribution >= 4 is 61.6 Å². The molecule has 0 atom stereocenters. The molecule has 0 aliphatic carbocycles. The second-order valence-electron chi connectivity index (χ2n) is 11.1. The number of fused-ring (bicyclic) bond motifs is 1. The number of rotatable bonds is 10. The largest absolute Gasteiger partial charge is 0.475 e. The van der Waals surface area contributed by atoms with E-state index in [-0.39, 0.29) is 22.6 Å². The molecule has 2 N–H and O–H groups in total. The summed E-state index contributed by atoms with van der Waals surface area (Å²) in [7, 11) is 1.92. The van der Waals surface area contributed by atoms with Gasteiger partial charge in [-0.3, -0.25) is 4.79 Å². The molecule has 0 saturated heterocycles. The Morgan fingerprint density at radius 2 is 1.81 bits per heavy atom. The van der Waals surface area contributed by atoms with Gasteiger partial charge in [-0.1, -0.05) is 17.3 Å². The van der Waals surface area contributed by atoms with Crippen LogP contribution in [0, 0.1) is 6.92 Å². The van der Waals surface area contributed by atoms with Gasteiger partial charge in [0.15, 0.2) is 9.84 Å². The minimum atomic E-state index is -3.41. The number of carbonyl (C=O) groups is 2. The fourth-order valence-corrected chi connectivity index (χ4v) is 5.87. The van der Waals surface area contributed by atoms with E-state index < -0.39 is 27.5 Å². The van der Waals surface area contributed by atoms with E-state index in [1.54, 1.807) is 67.0 Å². The van der Waals surface area contributed by atoms with Gasteiger partial charge in [-0.2, -0.15) is 4.98 Å². The summed E-state index contributed by atoms with van der Waals surface area (Å²) in [6.07, 6.45) is 3.83. The molecule has 16 heteroatoms. The second-order valence-corrected chi connectivity index (χ2v) is 13.1. The Hall–Kier alpha value is -6.03. The molecule has 0 spiro atoms. The zero-order valence-electron chi connectivity index (χ0n) is 26.5. The number of carbonyl (C=O) groups excluding carboxylic acids is 1. The highest BCUT2D eigenvalue weighted by molar-refractivity contribution is 7.90. The maximum absolute atomic E-state index is 12.9. The van der Waals surface area contributed by atoms with E-state index in [4.69, 9.17) is 18.9 Å². The molecule has 6 rings (SSSR count). The monoisotopic (exact) mass is 670 g/mol. The number of sulfone groups is 1. The van der Waals surface area contributed by atoms with Crippen LogP contribution < -0.4 is 15.1 Å². The first kappa shape index (κ1) is 31.9. The zero-order chi connectivity index (χ0) is 34.3. The van der Waals surface area contributed by atoms with Gasteiger partial charge in [0, 0.05) is 45.3 Å². The fourth-order valence-electron chi connectivity index (χ4n) is 5.21. The summed E-state index contributed by atoms with van der Waals surface area (Å²) in [5.41, 5.74) is 3.38. The minimum Gasteiger partial charge on any atom is -0.475 e. The maximum atomic E-state index is 12.9. The van der Waals surface area contributed by atoms with E-state index in [2.05, 4.69) is 15.5 Å². The maximum Gasteiger partial charge on any atom is 0.374 e. The molecule has 0 radical (unpaired) electrons. The number of amides is 1. The number of hydrogen-bond donors (Lipinski definition) is 2. The highest BCUT2D eigenvalue weighted by Crippen LogP contribution is 2.38. The molecule has 2 aromatic carbocycles. The number of imidazole rings is 1. The Morgan fingerprint density at radius 1 is 1.04 bits per heavy atom. The highest BCUT2D eigenvalue weighted by Gasteiger charge is 2.27. The Kier molecular flexibility index (Phi) is 8.18. The standard InChI is InChI=1S/C32H30N8O7S/c1-18-14-20(47-37-18)16-26(41)35-27-22(17-46-29(27)31(42)43)30-36-28-23(10-7-11-24(28)40(30)4)39(3)25-12-13-33-32(34-25)38(2)19-8-6-9-21(15-19)48(5,44)45/h6-15,17H,16H2,1-5H3,(H,35,41)(H,42,43). The van der Waals surface area contributed by atoms with Gasteiger partial charge < -0.3 is 33.7 Å². The third kappa shape index (κ3) is 6.07. The number of hydrogen-bond acceptors (Lipinski definition) is 12. The van der Waals surface area contributed by atoms with Crippen LogP contribution in [-0.4, -0.2) is 70.4 Å². The summed E-state index contributed by atoms with van der Waals surface area (Å²) in [6, 6.07) is 15.4. The predicted octanol–water partition coefficient (Wildman–Crippen LogP) is 4.74. The van der Waals surface area contributed by atoms with E-state index in [0.717, 1.165) is 6.26 Å². The van der Waals surface area contributed by atoms with Crippen molar-refractivity contribution in [2.75, 3.05) is 35.5 Å². The van der Waals surface area contributed by atoms with Crippen LogP contribution in [0.4, 0.5) is 28.8 Å². The quantitative estimate of drug-likeness (QED) is 0.203. The van der Waals surface area contributed by atoms with Crippen LogP contribution in [0.2, 0.25) is 0 Å². The third-order valence-corrected chi connectivity index (χ3v) is 8.77. The van der Waals surface area contributed by atoms with Crippen LogP contribution in [0.5, 0.6) is 0 Å². The molecule has 0 unspecified atom stereocenters. The van der Waals surface area contributed by atoms with Crippen molar-refractivity contribution in [1.29, 1.82) is 0 Å². The first-order valence-corrected chi connectivity index (χ1v) is 16.3. The van der Waals surface area contributed by atoms with Gasteiger partial charge in [-0.25, -0.2) is 23.2 Å². The van der Waals surface area contributed by atoms with Crippen LogP contribution in [0.25, 0.3) is 22.4 Å². The molecule has 15 nitrogen and oxygen atoms in total. The number of aromatic nitrogens is 5. The highest BCUT2D eigenvalue weighted by atomic mass is 32.2. The third-order valence-electron chi connectivity index (χ3n) is 7.66. The van der Waals surface area contributed by atoms with Crippen molar-refractivity contribution in [1.82, 2.24) is 24.7 Å². The predicted molar refractivity (Wildman–Crippen MR) is 177 cm³/mol. The molecule has 4 heterocycles. The zero-order valence-corrected chi connectivity index (χ0v) is 27.3. The molecule has 0 fully saturated rings. The number of carboxylic acid groups (broad SMARTS) is 1. The van der Waals surface area contributed by atoms with Crippen molar-refractivity contribution < 1.29 is 32.1 Å². The number of para-hydroxylation sites is 1. The van der Waals surface area contributed by atoms with Gasteiger partial charge in [0.05, 0.1) is 33.8 Å². The summed E-state index contributed by atoms with van der Waals surface area (Å²) in [5.74, 6) is -0.805. The fraction of sp³-hybridized carbons (Fsp3) is 0.188. The van der Waals surface area contributed by atoms with Crippen LogP contribution in [-0.2, 0) is 28.1 Å². The summed E-state index contributed by atoms with van der Waals surface area (Å²) < 4.78 is 36.5. The SMILES string of the molecule is Cc1cc(CC(=O)Nc2c(-c3nc4c(N(C)c5ccnc(N(C)c6cccc(S(C)(=O)=O)c6)n5)cccc4n3C)coc2C(=O)O)on1. The molecule has 0 bridgehead atoms. The molecule has 48 heavy (non-hydrogen) atoms. The molecule has 4 aromatic heterocycles. The lowest BCUT2D eigenvalue weighted by molar-refractivity contribution is -0.115. The van der Waals surface area contributed by atoms with Crippen LogP contribution in [0.1, 0.15) is 22.0 Å². The van der Waals surface area contributed by atoms with Gasteiger partial charge in [-0.05, 0) is 43.3 Å². The molecular formula is C32H30N8O7S. The summed E-state index contributed by atoms with van der Waals surface area (Å²) in [5, 5.41) is 16.3. The lowest BCUT2D eigenvalue weighted by Crippen LogP contribution is -2.17. The van der Waals surface area contributed by atoms with Crippen molar-refractivity contribution in [3.8, 4) is 11.4 Å². The lowest BCUT2D eigenvalue weighted by atomic mass is 10.2. The number of anilines is 5. The summed E-state index contributed by atoms with van der Waals surface area (Å²) in [4.78, 5) is 42.7. The van der Waals surface area contributed by atoms with E-state index in [0.29, 0.717) is 51.5 Å². The normalized spacial score (nSPS) is 11.5. The smallest absolute Gasteiger partial charge is 0.374 e. The van der Waals surface area contributed by atoms with E-state index >= 15 is 0 Å². The van der Waals surface area contributed by atoms with E-state index in [9.17, 15) is 23.1 Å². The molecular weight excluding hydrogens is 640 g/mol. The Balaban J connectivity index is 1.35. The topological polar surface area (TPSA) is 190 Å². The number of nitrogens with one attached hydrogen (secondary N) is 1. The second kappa shape index (κ2) is 12.3. The Labute approximate surface area is 274 Å². The average molecular weight is 671 g/mol. The van der Waals surface area contributed by atoms with Crippen molar-refractivity contribution in [3.63, 3.8) is 0 Å². The Morgan fingerprint density at radius 3 is 2.52 bits per heavy atom. The number of benzene rings is 2. The van der Waals surface area contributed by atoms with E-state index in [1.165, 1.54) is 12.3 Å². The molecule has 0 aliphatic rings. The molecule has 1 amide bonds. The molecule has 246 valence electrons. The summed E-state index contributed by atoms with van der Waals surface area (Å²) in [6.45, 7) is 1.73. The van der Waals surface area contributed by atoms with Crippen LogP contribution in [0.15, 0.2) is 80.9 Å². The minimum absolute atomic E-state index is 0.0412. The van der Waals surface area contributed by atoms with Gasteiger partial charge in [0.25, 0.3) is 0 Å². The van der Waals surface area contributed by atoms with Gasteiger partial charge in [-0.15, -0.1) is 0 Å². The first-order valence-electron chi connectivity index (χ1n) is 14.4. The van der Waals surface area contributed by atoms with Crippen LogP contribution >= 0.6 is 0 Å². The number of carboxylic acids is 1. The number of furan rings is 1. The van der Waals surface area contributed by atoms with Crippen molar-refractivity contribution in [2.45, 2.75) is 18.2 Å². The van der Waals surface area contributed by atoms with Crippen molar-refractivity contribution in [3.05, 3.63) is 84.3 Å². The first-order chi connectivity index (χ1) is 22.8. The van der Waals surface area contributed by atoms with Gasteiger partial charge in [0.1, 0.15) is 34.9 Å². The average Bonchev–Trinajstić information content (AvgIpc) is 3.76. The van der Waals surface area contributed by atoms with Crippen LogP contribution in [0.3, 0.4) is 0 Å². The van der Waals surface area contributed by atoms with E-state index in [1.807, 2.05) is 30.1 Å². The molecule has 6 aromatic rings. The number of nitrogens with zero attached hydrogens (tertiary/aromatic N) is 7. The Bertz CT molecular complexity index is 2310. The lowest BCUT2D eigenvalue weighted by Gasteiger charge is -2.22. The number of aromatic carboxylic acids is 1. The van der Waals surface area contributed by atoms with Crippen molar-refractivity contribution in [2.24, 2.45) is 7.05 Å². The van der Waals surface area contributed by atoms with Gasteiger partial charge in [0.2, 0.25) is 17.6 Å². The van der Waals surface area contributed by atoms with Gasteiger partial charge >= 0.3 is 5.97 Å². The molecule has 0 saturated carbocycles. The summed E-state index contributed by atoms with van der Waals surface area (Å²) >= 11 is 0.